The molecule has 6 nitrogen and oxygen atoms in total. The number of carbonyl (C=O) groups is 1. The second kappa shape index (κ2) is 7.62. The van der Waals surface area contributed by atoms with E-state index in [2.05, 4.69) is 0 Å². The molecule has 0 bridgehead atoms. The molecule has 0 saturated heterocycles. The molecule has 4 rings (SSSR count). The third-order valence-electron chi connectivity index (χ3n) is 4.60. The lowest BCUT2D eigenvalue weighted by Crippen LogP contribution is -2.25. The lowest BCUT2D eigenvalue weighted by Gasteiger charge is -2.14. The number of amides is 1. The highest BCUT2D eigenvalue weighted by molar-refractivity contribution is 7.99. The second-order valence-electron chi connectivity index (χ2n) is 6.43. The van der Waals surface area contributed by atoms with Crippen molar-refractivity contribution in [3.8, 4) is 11.5 Å². The summed E-state index contributed by atoms with van der Waals surface area (Å²) in [5, 5.41) is 21.2. The van der Waals surface area contributed by atoms with Crippen molar-refractivity contribution in [1.29, 1.82) is 0 Å². The molecule has 0 fully saturated rings. The Bertz CT molecular complexity index is 1140. The highest BCUT2D eigenvalue weighted by Crippen LogP contribution is 2.42. The highest BCUT2D eigenvalue weighted by atomic mass is 32.2. The van der Waals surface area contributed by atoms with Crippen molar-refractivity contribution >= 4 is 29.1 Å². The van der Waals surface area contributed by atoms with Crippen LogP contribution in [0.4, 0.5) is 5.69 Å². The number of hydroxylamine groups is 2. The average Bonchev–Trinajstić information content (AvgIpc) is 2.88. The number of hydrogen-bond acceptors (Lipinski definition) is 6. The first-order valence-corrected chi connectivity index (χ1v) is 9.64. The largest absolute Gasteiger partial charge is 0.508 e. The van der Waals surface area contributed by atoms with E-state index in [1.807, 2.05) is 30.3 Å². The van der Waals surface area contributed by atoms with Crippen LogP contribution in [0.5, 0.6) is 11.5 Å². The van der Waals surface area contributed by atoms with E-state index >= 15 is 0 Å². The van der Waals surface area contributed by atoms with Crippen LogP contribution in [0.1, 0.15) is 21.5 Å². The van der Waals surface area contributed by atoms with Crippen LogP contribution in [-0.2, 0) is 4.84 Å². The summed E-state index contributed by atoms with van der Waals surface area (Å²) in [6.07, 6.45) is 0. The quantitative estimate of drug-likeness (QED) is 0.494. The molecule has 0 radical (unpaired) electrons. The van der Waals surface area contributed by atoms with Gasteiger partial charge in [0.2, 0.25) is 0 Å². The minimum absolute atomic E-state index is 0.0287. The fourth-order valence-electron chi connectivity index (χ4n) is 3.06. The third kappa shape index (κ3) is 3.57. The van der Waals surface area contributed by atoms with Crippen molar-refractivity contribution in [2.75, 3.05) is 14.2 Å². The fourth-order valence-corrected chi connectivity index (χ4v) is 4.07. The van der Waals surface area contributed by atoms with Crippen LogP contribution < -0.4 is 0 Å². The van der Waals surface area contributed by atoms with Crippen LogP contribution in [0.2, 0.25) is 0 Å². The Hall–Kier alpha value is -3.29. The van der Waals surface area contributed by atoms with E-state index in [0.717, 1.165) is 20.4 Å². The Morgan fingerprint density at radius 3 is 2.55 bits per heavy atom. The lowest BCUT2D eigenvalue weighted by molar-refractivity contribution is -0.0756. The predicted molar refractivity (Wildman–Crippen MR) is 111 cm³/mol. The molecule has 0 aromatic heterocycles. The van der Waals surface area contributed by atoms with E-state index in [1.165, 1.54) is 19.2 Å². The fraction of sp³-hybridized carbons (Fsp3) is 0.0909. The molecule has 1 heterocycles. The molecule has 0 unspecified atom stereocenters. The summed E-state index contributed by atoms with van der Waals surface area (Å²) in [4.78, 5) is 24.2. The van der Waals surface area contributed by atoms with Crippen molar-refractivity contribution < 1.29 is 19.8 Å². The van der Waals surface area contributed by atoms with Gasteiger partial charge in [-0.1, -0.05) is 30.0 Å². The standard InChI is InChI=1S/C22H18N2O4S/c1-24(28-2)22(27)13-7-10-20-17(11-13)23-21(15-9-8-14(25)12-18(15)26)16-5-3-4-6-19(16)29-20/h3-12,25-26H,1-2H3. The normalized spacial score (nSPS) is 12.4. The monoisotopic (exact) mass is 406 g/mol. The van der Waals surface area contributed by atoms with Gasteiger partial charge in [0.05, 0.1) is 18.5 Å². The van der Waals surface area contributed by atoms with E-state index in [-0.39, 0.29) is 17.4 Å². The molecule has 7 heteroatoms. The van der Waals surface area contributed by atoms with Crippen molar-refractivity contribution in [1.82, 2.24) is 5.06 Å². The molecule has 146 valence electrons. The van der Waals surface area contributed by atoms with Crippen LogP contribution in [0.25, 0.3) is 0 Å². The van der Waals surface area contributed by atoms with Gasteiger partial charge in [-0.15, -0.1) is 0 Å². The maximum Gasteiger partial charge on any atom is 0.277 e. The number of phenols is 2. The minimum Gasteiger partial charge on any atom is -0.508 e. The lowest BCUT2D eigenvalue weighted by atomic mass is 10.0. The summed E-state index contributed by atoms with van der Waals surface area (Å²) in [7, 11) is 2.97. The number of fused-ring (bicyclic) bond motifs is 2. The smallest absolute Gasteiger partial charge is 0.277 e. The number of aromatic hydroxyl groups is 2. The van der Waals surface area contributed by atoms with Crippen LogP contribution in [0.3, 0.4) is 0 Å². The second-order valence-corrected chi connectivity index (χ2v) is 7.51. The Labute approximate surface area is 172 Å². The zero-order valence-electron chi connectivity index (χ0n) is 15.8. The van der Waals surface area contributed by atoms with Gasteiger partial charge in [0, 0.05) is 39.6 Å². The molecule has 0 aliphatic carbocycles. The first-order chi connectivity index (χ1) is 14.0. The molecule has 2 N–H and O–H groups in total. The minimum atomic E-state index is -0.286. The first-order valence-electron chi connectivity index (χ1n) is 8.82. The molecule has 0 saturated carbocycles. The predicted octanol–water partition coefficient (Wildman–Crippen LogP) is 4.36. The summed E-state index contributed by atoms with van der Waals surface area (Å²) in [6.45, 7) is 0. The summed E-state index contributed by atoms with van der Waals surface area (Å²) in [5.74, 6) is -0.385. The SMILES string of the molecule is CON(C)C(=O)c1ccc2c(c1)N=C(c1ccc(O)cc1O)c1ccccc1S2. The van der Waals surface area contributed by atoms with Gasteiger partial charge in [-0.25, -0.2) is 10.1 Å². The molecule has 29 heavy (non-hydrogen) atoms. The van der Waals surface area contributed by atoms with Crippen LogP contribution in [0, 0.1) is 0 Å². The van der Waals surface area contributed by atoms with Gasteiger partial charge in [0.25, 0.3) is 5.91 Å². The van der Waals surface area contributed by atoms with Gasteiger partial charge >= 0.3 is 0 Å². The van der Waals surface area contributed by atoms with E-state index in [4.69, 9.17) is 9.83 Å². The molecule has 3 aromatic carbocycles. The van der Waals surface area contributed by atoms with Gasteiger partial charge in [0.15, 0.2) is 0 Å². The van der Waals surface area contributed by atoms with E-state index < -0.39 is 0 Å². The first kappa shape index (κ1) is 19.0. The van der Waals surface area contributed by atoms with Crippen LogP contribution in [0.15, 0.2) is 75.4 Å². The number of aliphatic imine (C=N–C) groups is 1. The van der Waals surface area contributed by atoms with E-state index in [0.29, 0.717) is 22.5 Å². The van der Waals surface area contributed by atoms with Gasteiger partial charge < -0.3 is 10.2 Å². The maximum absolute atomic E-state index is 12.5. The van der Waals surface area contributed by atoms with E-state index in [9.17, 15) is 15.0 Å². The molecular weight excluding hydrogens is 388 g/mol. The summed E-state index contributed by atoms with van der Waals surface area (Å²) < 4.78 is 0. The Morgan fingerprint density at radius 1 is 1.00 bits per heavy atom. The molecule has 1 amide bonds. The highest BCUT2D eigenvalue weighted by Gasteiger charge is 2.22. The number of hydrogen-bond donors (Lipinski definition) is 2. The Balaban J connectivity index is 1.92. The van der Waals surface area contributed by atoms with Gasteiger partial charge in [-0.05, 0) is 36.4 Å². The Morgan fingerprint density at radius 2 is 1.79 bits per heavy atom. The summed E-state index contributed by atoms with van der Waals surface area (Å²) in [5.41, 5.74) is 2.97. The Kier molecular flexibility index (Phi) is 5.00. The zero-order valence-corrected chi connectivity index (χ0v) is 16.6. The maximum atomic E-state index is 12.5. The molecular formula is C22H18N2O4S. The molecule has 1 aliphatic heterocycles. The van der Waals surface area contributed by atoms with Crippen LogP contribution in [-0.4, -0.2) is 41.1 Å². The van der Waals surface area contributed by atoms with Crippen molar-refractivity contribution in [2.24, 2.45) is 4.99 Å². The summed E-state index contributed by atoms with van der Waals surface area (Å²) >= 11 is 1.54. The average molecular weight is 406 g/mol. The van der Waals surface area contributed by atoms with E-state index in [1.54, 1.807) is 37.0 Å². The number of carbonyl (C=O) groups excluding carboxylic acids is 1. The number of nitrogens with zero attached hydrogens (tertiary/aromatic N) is 2. The molecule has 0 atom stereocenters. The van der Waals surface area contributed by atoms with Crippen molar-refractivity contribution in [2.45, 2.75) is 9.79 Å². The van der Waals surface area contributed by atoms with Crippen molar-refractivity contribution in [3.05, 3.63) is 77.4 Å². The molecule has 1 aliphatic rings. The topological polar surface area (TPSA) is 82.4 Å². The molecule has 3 aromatic rings. The number of benzene rings is 3. The van der Waals surface area contributed by atoms with Crippen molar-refractivity contribution in [3.63, 3.8) is 0 Å². The zero-order chi connectivity index (χ0) is 20.5. The third-order valence-corrected chi connectivity index (χ3v) is 5.74. The van der Waals surface area contributed by atoms with Gasteiger partial charge in [-0.3, -0.25) is 9.63 Å². The summed E-state index contributed by atoms with van der Waals surface area (Å²) in [6, 6.07) is 17.5. The number of phenolic OH excluding ortho intramolecular Hbond substituents is 2. The number of rotatable bonds is 3. The molecule has 0 spiro atoms. The van der Waals surface area contributed by atoms with Gasteiger partial charge in [-0.2, -0.15) is 0 Å². The van der Waals surface area contributed by atoms with Crippen LogP contribution >= 0.6 is 11.8 Å². The van der Waals surface area contributed by atoms with Gasteiger partial charge in [0.1, 0.15) is 11.5 Å².